The maximum atomic E-state index is 13.3. The van der Waals surface area contributed by atoms with Crippen molar-refractivity contribution in [2.24, 2.45) is 0 Å². The smallest absolute Gasteiger partial charge is 0.262 e. The summed E-state index contributed by atoms with van der Waals surface area (Å²) in [5, 5.41) is 7.16. The Bertz CT molecular complexity index is 1500. The Kier molecular flexibility index (Phi) is 5.24. The molecule has 1 N–H and O–H groups in total. The van der Waals surface area contributed by atoms with Gasteiger partial charge in [0.1, 0.15) is 4.83 Å². The number of nitrogens with zero attached hydrogens (tertiary/aromatic N) is 3. The Morgan fingerprint density at radius 2 is 1.91 bits per heavy atom. The molecule has 1 atom stereocenters. The highest BCUT2D eigenvalue weighted by Gasteiger charge is 2.25. The first-order valence-electron chi connectivity index (χ1n) is 11.4. The van der Waals surface area contributed by atoms with Gasteiger partial charge in [0.2, 0.25) is 0 Å². The van der Waals surface area contributed by atoms with Gasteiger partial charge in [-0.1, -0.05) is 48.5 Å². The highest BCUT2D eigenvalue weighted by molar-refractivity contribution is 7.18. The van der Waals surface area contributed by atoms with Crippen molar-refractivity contribution in [1.29, 1.82) is 0 Å². The molecule has 33 heavy (non-hydrogen) atoms. The normalized spacial score (nSPS) is 15.7. The molecule has 3 heterocycles. The monoisotopic (exact) mass is 452 g/mol. The molecule has 5 aromatic rings. The van der Waals surface area contributed by atoms with Gasteiger partial charge in [0.05, 0.1) is 24.0 Å². The third-order valence-electron chi connectivity index (χ3n) is 6.56. The van der Waals surface area contributed by atoms with Crippen LogP contribution in [0.5, 0.6) is 0 Å². The van der Waals surface area contributed by atoms with Crippen LogP contribution in [0.15, 0.2) is 78.0 Å². The van der Waals surface area contributed by atoms with E-state index in [1.54, 1.807) is 28.4 Å². The molecule has 0 fully saturated rings. The van der Waals surface area contributed by atoms with Crippen molar-refractivity contribution < 1.29 is 0 Å². The number of hydrogen-bond acceptors (Lipinski definition) is 5. The number of fused-ring (bicyclic) bond motifs is 4. The highest BCUT2D eigenvalue weighted by Crippen LogP contribution is 2.34. The molecule has 164 valence electrons. The second-order valence-electron chi connectivity index (χ2n) is 8.64. The third kappa shape index (κ3) is 3.86. The number of benzene rings is 2. The molecule has 5 nitrogen and oxygen atoms in total. The van der Waals surface area contributed by atoms with E-state index < -0.39 is 0 Å². The van der Waals surface area contributed by atoms with Crippen LogP contribution in [0.2, 0.25) is 0 Å². The first kappa shape index (κ1) is 20.3. The summed E-state index contributed by atoms with van der Waals surface area (Å²) in [5.74, 6) is 0. The maximum absolute atomic E-state index is 13.3. The average Bonchev–Trinajstić information content (AvgIpc) is 3.23. The van der Waals surface area contributed by atoms with E-state index in [0.717, 1.165) is 41.7 Å². The van der Waals surface area contributed by atoms with Crippen LogP contribution in [-0.2, 0) is 25.9 Å². The van der Waals surface area contributed by atoms with E-state index in [0.29, 0.717) is 12.6 Å². The molecule has 2 aromatic carbocycles. The van der Waals surface area contributed by atoms with E-state index in [9.17, 15) is 4.79 Å². The third-order valence-corrected chi connectivity index (χ3v) is 7.72. The topological polar surface area (TPSA) is 59.8 Å². The summed E-state index contributed by atoms with van der Waals surface area (Å²) in [6.07, 6.45) is 6.30. The van der Waals surface area contributed by atoms with Gasteiger partial charge in [0.25, 0.3) is 5.56 Å². The van der Waals surface area contributed by atoms with E-state index in [2.05, 4.69) is 57.7 Å². The van der Waals surface area contributed by atoms with Crippen molar-refractivity contribution in [1.82, 2.24) is 19.9 Å². The van der Waals surface area contributed by atoms with Gasteiger partial charge >= 0.3 is 0 Å². The second-order valence-corrected chi connectivity index (χ2v) is 9.73. The lowest BCUT2D eigenvalue weighted by molar-refractivity contribution is 0.463. The summed E-state index contributed by atoms with van der Waals surface area (Å²) in [6, 6.07) is 21.2. The van der Waals surface area contributed by atoms with Gasteiger partial charge in [-0.15, -0.1) is 11.3 Å². The van der Waals surface area contributed by atoms with Gasteiger partial charge in [-0.3, -0.25) is 14.3 Å². The Morgan fingerprint density at radius 3 is 2.82 bits per heavy atom. The Labute approximate surface area is 195 Å². The van der Waals surface area contributed by atoms with Crippen LogP contribution in [0.25, 0.3) is 21.0 Å². The quantitative estimate of drug-likeness (QED) is 0.420. The van der Waals surface area contributed by atoms with Crippen molar-refractivity contribution in [3.63, 3.8) is 0 Å². The molecule has 0 bridgehead atoms. The van der Waals surface area contributed by atoms with Crippen LogP contribution >= 0.6 is 11.3 Å². The molecule has 0 unspecified atom stereocenters. The summed E-state index contributed by atoms with van der Waals surface area (Å²) >= 11 is 1.68. The zero-order valence-corrected chi connectivity index (χ0v) is 19.0. The van der Waals surface area contributed by atoms with Crippen LogP contribution in [-0.4, -0.2) is 20.6 Å². The number of aromatic nitrogens is 3. The van der Waals surface area contributed by atoms with Gasteiger partial charge in [-0.25, -0.2) is 4.98 Å². The molecule has 6 rings (SSSR count). The van der Waals surface area contributed by atoms with Crippen LogP contribution < -0.4 is 10.9 Å². The number of aryl methyl sites for hydroxylation is 1. The number of thiophene rings is 1. The van der Waals surface area contributed by atoms with E-state index in [1.165, 1.54) is 26.8 Å². The fraction of sp³-hybridized carbons (Fsp3) is 0.222. The SMILES string of the molecule is O=c1c2c3c(sc2ncn1Cc1ccccn1)C[C@H](NCc1cccc2ccccc12)CC3. The summed E-state index contributed by atoms with van der Waals surface area (Å²) < 4.78 is 1.68. The van der Waals surface area contributed by atoms with Crippen LogP contribution in [0.3, 0.4) is 0 Å². The number of hydrogen-bond donors (Lipinski definition) is 1. The van der Waals surface area contributed by atoms with Crippen LogP contribution in [0.4, 0.5) is 0 Å². The lowest BCUT2D eigenvalue weighted by Gasteiger charge is -2.23. The first-order valence-corrected chi connectivity index (χ1v) is 12.2. The summed E-state index contributed by atoms with van der Waals surface area (Å²) in [4.78, 5) is 24.4. The lowest BCUT2D eigenvalue weighted by Crippen LogP contribution is -2.34. The minimum absolute atomic E-state index is 0.0466. The van der Waals surface area contributed by atoms with Crippen molar-refractivity contribution in [2.45, 2.75) is 38.4 Å². The fourth-order valence-electron chi connectivity index (χ4n) is 4.86. The van der Waals surface area contributed by atoms with Gasteiger partial charge in [0, 0.05) is 23.7 Å². The Morgan fingerprint density at radius 1 is 1.03 bits per heavy atom. The zero-order chi connectivity index (χ0) is 22.2. The van der Waals surface area contributed by atoms with Gasteiger partial charge in [0.15, 0.2) is 0 Å². The number of rotatable bonds is 5. The molecule has 0 aliphatic heterocycles. The molecule has 0 saturated heterocycles. The van der Waals surface area contributed by atoms with Crippen LogP contribution in [0.1, 0.15) is 28.1 Å². The van der Waals surface area contributed by atoms with Gasteiger partial charge < -0.3 is 5.32 Å². The van der Waals surface area contributed by atoms with E-state index >= 15 is 0 Å². The van der Waals surface area contributed by atoms with Crippen LogP contribution in [0, 0.1) is 0 Å². The van der Waals surface area contributed by atoms with Crippen molar-refractivity contribution >= 4 is 32.3 Å². The van der Waals surface area contributed by atoms with Crippen molar-refractivity contribution in [2.75, 3.05) is 0 Å². The molecule has 0 saturated carbocycles. The number of nitrogens with one attached hydrogen (secondary N) is 1. The standard InChI is InChI=1S/C27H24N4OS/c32-27-25-23-12-11-20(29-15-19-8-5-7-18-6-1-2-10-22(18)19)14-24(23)33-26(25)30-17-31(27)16-21-9-3-4-13-28-21/h1-10,13,17,20,29H,11-12,14-16H2/t20-/m1/s1. The number of pyridine rings is 1. The molecule has 3 aromatic heterocycles. The fourth-order valence-corrected chi connectivity index (χ4v) is 6.11. The maximum Gasteiger partial charge on any atom is 0.262 e. The Hall–Kier alpha value is -3.35. The molecular weight excluding hydrogens is 428 g/mol. The summed E-state index contributed by atoms with van der Waals surface area (Å²) in [7, 11) is 0. The molecule has 1 aliphatic rings. The minimum atomic E-state index is 0.0466. The van der Waals surface area contributed by atoms with Crippen molar-refractivity contribution in [3.8, 4) is 0 Å². The van der Waals surface area contributed by atoms with E-state index in [1.807, 2.05) is 18.2 Å². The summed E-state index contributed by atoms with van der Waals surface area (Å²) in [5.41, 5.74) is 3.44. The molecule has 1 aliphatic carbocycles. The molecule has 0 amide bonds. The predicted molar refractivity (Wildman–Crippen MR) is 134 cm³/mol. The highest BCUT2D eigenvalue weighted by atomic mass is 32.1. The zero-order valence-electron chi connectivity index (χ0n) is 18.2. The predicted octanol–water partition coefficient (Wildman–Crippen LogP) is 4.70. The molecule has 0 radical (unpaired) electrons. The Balaban J connectivity index is 1.23. The second kappa shape index (κ2) is 8.54. The minimum Gasteiger partial charge on any atom is -0.310 e. The summed E-state index contributed by atoms with van der Waals surface area (Å²) in [6.45, 7) is 1.30. The average molecular weight is 453 g/mol. The van der Waals surface area contributed by atoms with E-state index in [4.69, 9.17) is 0 Å². The molecule has 6 heteroatoms. The van der Waals surface area contributed by atoms with Gasteiger partial charge in [-0.2, -0.15) is 0 Å². The largest absolute Gasteiger partial charge is 0.310 e. The lowest BCUT2D eigenvalue weighted by atomic mass is 9.92. The molecular formula is C27H24N4OS. The first-order chi connectivity index (χ1) is 16.3. The van der Waals surface area contributed by atoms with Gasteiger partial charge in [-0.05, 0) is 53.3 Å². The molecule has 0 spiro atoms. The van der Waals surface area contributed by atoms with Crippen molar-refractivity contribution in [3.05, 3.63) is 105 Å². The van der Waals surface area contributed by atoms with E-state index in [-0.39, 0.29) is 5.56 Å².